The highest BCUT2D eigenvalue weighted by molar-refractivity contribution is 6.34. The Kier molecular flexibility index (Phi) is 6.62. The van der Waals surface area contributed by atoms with Crippen LogP contribution < -0.4 is 10.9 Å². The van der Waals surface area contributed by atoms with Crippen molar-refractivity contribution in [2.75, 3.05) is 5.43 Å². The van der Waals surface area contributed by atoms with Crippen molar-refractivity contribution in [1.82, 2.24) is 10.4 Å². The number of carbonyl (C=O) groups is 1. The standard InChI is InChI=1S/C22H14Cl3F3N4O2/c23-15-7-14(8-16(24)9-15)21(22(26,27)28)10-19(32-34-21)12-3-4-17(25)18(6-12)30-31-20(33)13-2-1-5-29-11-13/h1-9,11,30H,10H2,(H,31,33). The van der Waals surface area contributed by atoms with Gasteiger partial charge in [-0.1, -0.05) is 46.0 Å². The molecule has 1 unspecified atom stereocenters. The van der Waals surface area contributed by atoms with Crippen LogP contribution >= 0.6 is 34.8 Å². The van der Waals surface area contributed by atoms with Crippen molar-refractivity contribution in [2.45, 2.75) is 18.2 Å². The average molecular weight is 530 g/mol. The molecule has 0 saturated heterocycles. The summed E-state index contributed by atoms with van der Waals surface area (Å²) in [5.41, 5.74) is 2.95. The van der Waals surface area contributed by atoms with E-state index in [2.05, 4.69) is 21.0 Å². The maximum Gasteiger partial charge on any atom is 0.435 e. The second-order valence-electron chi connectivity index (χ2n) is 7.30. The van der Waals surface area contributed by atoms with E-state index in [9.17, 15) is 18.0 Å². The Morgan fingerprint density at radius 1 is 1.06 bits per heavy atom. The van der Waals surface area contributed by atoms with Gasteiger partial charge in [0.1, 0.15) is 0 Å². The maximum absolute atomic E-state index is 14.2. The molecular weight excluding hydrogens is 516 g/mol. The van der Waals surface area contributed by atoms with Crippen molar-refractivity contribution < 1.29 is 22.8 Å². The lowest BCUT2D eigenvalue weighted by molar-refractivity contribution is -0.275. The summed E-state index contributed by atoms with van der Waals surface area (Å²) < 4.78 is 42.6. The molecule has 0 spiro atoms. The van der Waals surface area contributed by atoms with Crippen LogP contribution in [0.5, 0.6) is 0 Å². The molecule has 3 aromatic rings. The molecule has 6 nitrogen and oxygen atoms in total. The quantitative estimate of drug-likeness (QED) is 0.376. The predicted molar refractivity (Wildman–Crippen MR) is 123 cm³/mol. The third kappa shape index (κ3) is 4.77. The summed E-state index contributed by atoms with van der Waals surface area (Å²) in [5, 5.41) is 4.01. The van der Waals surface area contributed by atoms with Gasteiger partial charge in [0.15, 0.2) is 0 Å². The van der Waals surface area contributed by atoms with E-state index in [4.69, 9.17) is 39.6 Å². The molecule has 1 aliphatic heterocycles. The molecule has 34 heavy (non-hydrogen) atoms. The first-order valence-corrected chi connectivity index (χ1v) is 10.8. The van der Waals surface area contributed by atoms with E-state index in [-0.39, 0.29) is 32.0 Å². The van der Waals surface area contributed by atoms with Crippen molar-refractivity contribution >= 4 is 52.1 Å². The normalized spacial score (nSPS) is 17.6. The summed E-state index contributed by atoms with van der Waals surface area (Å²) in [6.07, 6.45) is -2.56. The number of amides is 1. The number of halogens is 6. The number of hydrogen-bond acceptors (Lipinski definition) is 5. The SMILES string of the molecule is O=C(NNc1cc(C2=NOC(c3cc(Cl)cc(Cl)c3)(C(F)(F)F)C2)ccc1Cl)c1cccnc1. The number of hydrogen-bond donors (Lipinski definition) is 2. The average Bonchev–Trinajstić information content (AvgIpc) is 3.25. The zero-order valence-electron chi connectivity index (χ0n) is 17.0. The molecule has 4 rings (SSSR count). The Morgan fingerprint density at radius 3 is 2.44 bits per heavy atom. The zero-order valence-corrected chi connectivity index (χ0v) is 19.2. The van der Waals surface area contributed by atoms with Gasteiger partial charge in [0, 0.05) is 40.0 Å². The van der Waals surface area contributed by atoms with Gasteiger partial charge < -0.3 is 4.84 Å². The van der Waals surface area contributed by atoms with Gasteiger partial charge in [-0.25, -0.2) is 0 Å². The third-order valence-corrected chi connectivity index (χ3v) is 5.81. The molecule has 0 radical (unpaired) electrons. The van der Waals surface area contributed by atoms with Crippen LogP contribution in [-0.2, 0) is 10.4 Å². The third-order valence-electron chi connectivity index (χ3n) is 5.05. The van der Waals surface area contributed by atoms with Crippen molar-refractivity contribution in [3.63, 3.8) is 0 Å². The van der Waals surface area contributed by atoms with Crippen LogP contribution in [0, 0.1) is 0 Å². The van der Waals surface area contributed by atoms with Crippen LogP contribution in [0.2, 0.25) is 15.1 Å². The van der Waals surface area contributed by atoms with Gasteiger partial charge in [-0.15, -0.1) is 0 Å². The van der Waals surface area contributed by atoms with Crippen molar-refractivity contribution in [2.24, 2.45) is 5.16 Å². The topological polar surface area (TPSA) is 75.6 Å². The fraction of sp³-hybridized carbons (Fsp3) is 0.136. The molecule has 0 bridgehead atoms. The molecule has 2 N–H and O–H groups in total. The Hall–Kier alpha value is -3.01. The molecule has 2 heterocycles. The molecule has 1 aromatic heterocycles. The minimum absolute atomic E-state index is 0.0201. The molecule has 2 aromatic carbocycles. The second kappa shape index (κ2) is 9.32. The number of nitrogens with one attached hydrogen (secondary N) is 2. The smallest absolute Gasteiger partial charge is 0.374 e. The Labute approximate surface area is 206 Å². The van der Waals surface area contributed by atoms with E-state index >= 15 is 0 Å². The van der Waals surface area contributed by atoms with Gasteiger partial charge in [0.2, 0.25) is 0 Å². The number of benzene rings is 2. The lowest BCUT2D eigenvalue weighted by atomic mass is 9.86. The molecule has 12 heteroatoms. The summed E-state index contributed by atoms with van der Waals surface area (Å²) >= 11 is 18.0. The highest BCUT2D eigenvalue weighted by Crippen LogP contribution is 2.49. The maximum atomic E-state index is 14.2. The largest absolute Gasteiger partial charge is 0.435 e. The Bertz CT molecular complexity index is 1250. The van der Waals surface area contributed by atoms with E-state index in [1.165, 1.54) is 36.7 Å². The summed E-state index contributed by atoms with van der Waals surface area (Å²) in [4.78, 5) is 21.1. The molecule has 1 amide bonds. The van der Waals surface area contributed by atoms with Crippen molar-refractivity contribution in [3.8, 4) is 0 Å². The lowest BCUT2D eigenvalue weighted by Gasteiger charge is -2.29. The summed E-state index contributed by atoms with van der Waals surface area (Å²) in [6, 6.07) is 11.2. The second-order valence-corrected chi connectivity index (χ2v) is 8.58. The summed E-state index contributed by atoms with van der Waals surface area (Å²) in [7, 11) is 0. The number of nitrogens with zero attached hydrogens (tertiary/aromatic N) is 2. The zero-order chi connectivity index (χ0) is 24.5. The fourth-order valence-electron chi connectivity index (χ4n) is 3.34. The van der Waals surface area contributed by atoms with E-state index in [1.807, 2.05) is 0 Å². The molecule has 0 fully saturated rings. The molecule has 176 valence electrons. The monoisotopic (exact) mass is 528 g/mol. The number of anilines is 1. The van der Waals surface area contributed by atoms with Gasteiger partial charge in [0.05, 0.1) is 22.0 Å². The number of aromatic nitrogens is 1. The number of rotatable bonds is 5. The van der Waals surface area contributed by atoms with Crippen LogP contribution in [0.25, 0.3) is 0 Å². The number of pyridine rings is 1. The number of hydrazine groups is 1. The highest BCUT2D eigenvalue weighted by Gasteiger charge is 2.62. The summed E-state index contributed by atoms with van der Waals surface area (Å²) in [5.74, 6) is -0.481. The number of oxime groups is 1. The van der Waals surface area contributed by atoms with E-state index in [0.717, 1.165) is 12.1 Å². The summed E-state index contributed by atoms with van der Waals surface area (Å²) in [6.45, 7) is 0. The minimum atomic E-state index is -4.82. The van der Waals surface area contributed by atoms with Crippen molar-refractivity contribution in [3.05, 3.63) is 92.7 Å². The Balaban J connectivity index is 1.58. The lowest BCUT2D eigenvalue weighted by Crippen LogP contribution is -2.42. The predicted octanol–water partition coefficient (Wildman–Crippen LogP) is 6.38. The minimum Gasteiger partial charge on any atom is -0.374 e. The van der Waals surface area contributed by atoms with Crippen molar-refractivity contribution in [1.29, 1.82) is 0 Å². The van der Waals surface area contributed by atoms with Gasteiger partial charge in [-0.3, -0.25) is 20.6 Å². The molecule has 0 saturated carbocycles. The van der Waals surface area contributed by atoms with Crippen LogP contribution in [0.3, 0.4) is 0 Å². The molecular formula is C22H14Cl3F3N4O2. The fourth-order valence-corrected chi connectivity index (χ4v) is 4.03. The van der Waals surface area contributed by atoms with Crippen LogP contribution in [0.15, 0.2) is 66.1 Å². The van der Waals surface area contributed by atoms with Gasteiger partial charge in [0.25, 0.3) is 11.5 Å². The first-order valence-electron chi connectivity index (χ1n) is 9.64. The van der Waals surface area contributed by atoms with Gasteiger partial charge >= 0.3 is 6.18 Å². The molecule has 1 atom stereocenters. The highest BCUT2D eigenvalue weighted by atomic mass is 35.5. The van der Waals surface area contributed by atoms with Crippen LogP contribution in [0.1, 0.15) is 27.9 Å². The van der Waals surface area contributed by atoms with Crippen LogP contribution in [-0.4, -0.2) is 22.8 Å². The van der Waals surface area contributed by atoms with E-state index in [1.54, 1.807) is 12.1 Å². The van der Waals surface area contributed by atoms with E-state index in [0.29, 0.717) is 11.1 Å². The first-order chi connectivity index (χ1) is 16.1. The van der Waals surface area contributed by atoms with Crippen LogP contribution in [0.4, 0.5) is 18.9 Å². The number of carbonyl (C=O) groups excluding carboxylic acids is 1. The van der Waals surface area contributed by atoms with E-state index < -0.39 is 24.1 Å². The number of alkyl halides is 3. The Morgan fingerprint density at radius 2 is 1.79 bits per heavy atom. The molecule has 0 aliphatic carbocycles. The molecule has 1 aliphatic rings. The van der Waals surface area contributed by atoms with Gasteiger partial charge in [-0.05, 0) is 42.5 Å². The van der Waals surface area contributed by atoms with Gasteiger partial charge in [-0.2, -0.15) is 13.2 Å². The first kappa shape index (κ1) is 24.1.